The second kappa shape index (κ2) is 10.5. The van der Waals surface area contributed by atoms with Crippen LogP contribution in [0.15, 0.2) is 72.8 Å². The third kappa shape index (κ3) is 5.51. The van der Waals surface area contributed by atoms with E-state index in [0.717, 1.165) is 59.2 Å². The van der Waals surface area contributed by atoms with E-state index in [1.807, 2.05) is 49.4 Å². The molecule has 0 saturated heterocycles. The van der Waals surface area contributed by atoms with Gasteiger partial charge in [-0.3, -0.25) is 9.59 Å². The molecule has 4 rings (SSSR count). The molecule has 170 valence electrons. The van der Waals surface area contributed by atoms with Gasteiger partial charge in [-0.25, -0.2) is 0 Å². The number of carbonyl (C=O) groups is 2. The SMILES string of the molecule is Cc1c(CCC(=O)O)cccc1NC(=O)C(c1cccc(-c2ccccc2)c1)C1CCCC1. The summed E-state index contributed by atoms with van der Waals surface area (Å²) in [5.74, 6) is -0.682. The van der Waals surface area contributed by atoms with Crippen LogP contribution >= 0.6 is 0 Å². The molecule has 2 N–H and O–H groups in total. The Morgan fingerprint density at radius 3 is 2.36 bits per heavy atom. The van der Waals surface area contributed by atoms with Gasteiger partial charge in [0.2, 0.25) is 5.91 Å². The van der Waals surface area contributed by atoms with E-state index in [0.29, 0.717) is 12.3 Å². The first-order valence-electron chi connectivity index (χ1n) is 11.8. The van der Waals surface area contributed by atoms with Crippen molar-refractivity contribution in [2.75, 3.05) is 5.32 Å². The van der Waals surface area contributed by atoms with Crippen LogP contribution in [0.1, 0.15) is 54.7 Å². The quantitative estimate of drug-likeness (QED) is 0.414. The molecule has 0 heterocycles. The molecule has 1 aliphatic carbocycles. The molecule has 3 aromatic rings. The molecule has 1 saturated carbocycles. The number of amides is 1. The zero-order chi connectivity index (χ0) is 23.2. The molecule has 1 atom stereocenters. The molecule has 4 heteroatoms. The van der Waals surface area contributed by atoms with Crippen molar-refractivity contribution >= 4 is 17.6 Å². The van der Waals surface area contributed by atoms with Crippen LogP contribution in [-0.2, 0) is 16.0 Å². The summed E-state index contributed by atoms with van der Waals surface area (Å²) in [6.07, 6.45) is 4.98. The highest BCUT2D eigenvalue weighted by Gasteiger charge is 2.32. The summed E-state index contributed by atoms with van der Waals surface area (Å²) in [6.45, 7) is 1.95. The van der Waals surface area contributed by atoms with E-state index in [-0.39, 0.29) is 18.2 Å². The lowest BCUT2D eigenvalue weighted by Crippen LogP contribution is -2.27. The van der Waals surface area contributed by atoms with Gasteiger partial charge in [0.05, 0.1) is 5.92 Å². The maximum absolute atomic E-state index is 13.7. The molecule has 3 aromatic carbocycles. The summed E-state index contributed by atoms with van der Waals surface area (Å²) in [5, 5.41) is 12.2. The molecular weight excluding hydrogens is 410 g/mol. The van der Waals surface area contributed by atoms with Crippen LogP contribution in [0.4, 0.5) is 5.69 Å². The van der Waals surface area contributed by atoms with Crippen LogP contribution in [0, 0.1) is 12.8 Å². The minimum absolute atomic E-state index is 0.0191. The normalized spacial score (nSPS) is 14.7. The Labute approximate surface area is 195 Å². The van der Waals surface area contributed by atoms with Crippen molar-refractivity contribution in [3.05, 3.63) is 89.5 Å². The van der Waals surface area contributed by atoms with Crippen molar-refractivity contribution in [3.8, 4) is 11.1 Å². The Morgan fingerprint density at radius 2 is 1.64 bits per heavy atom. The van der Waals surface area contributed by atoms with Gasteiger partial charge in [-0.15, -0.1) is 0 Å². The molecule has 0 aromatic heterocycles. The van der Waals surface area contributed by atoms with E-state index in [2.05, 4.69) is 35.6 Å². The number of anilines is 1. The van der Waals surface area contributed by atoms with Crippen molar-refractivity contribution in [2.24, 2.45) is 5.92 Å². The summed E-state index contributed by atoms with van der Waals surface area (Å²) in [6, 6.07) is 24.4. The third-order valence-corrected chi connectivity index (χ3v) is 6.82. The van der Waals surface area contributed by atoms with Gasteiger partial charge in [-0.1, -0.05) is 79.6 Å². The van der Waals surface area contributed by atoms with Gasteiger partial charge in [0.1, 0.15) is 0 Å². The minimum Gasteiger partial charge on any atom is -0.481 e. The van der Waals surface area contributed by atoms with Crippen molar-refractivity contribution in [1.82, 2.24) is 0 Å². The number of carboxylic acids is 1. The maximum atomic E-state index is 13.7. The van der Waals surface area contributed by atoms with Crippen molar-refractivity contribution in [2.45, 2.75) is 51.4 Å². The molecule has 0 spiro atoms. The van der Waals surface area contributed by atoms with Gasteiger partial charge in [0.25, 0.3) is 0 Å². The molecule has 0 bridgehead atoms. The van der Waals surface area contributed by atoms with Gasteiger partial charge >= 0.3 is 5.97 Å². The minimum atomic E-state index is -0.816. The number of aliphatic carboxylic acids is 1. The Hall–Kier alpha value is -3.40. The van der Waals surface area contributed by atoms with E-state index >= 15 is 0 Å². The fraction of sp³-hybridized carbons (Fsp3) is 0.310. The Kier molecular flexibility index (Phi) is 7.23. The highest BCUT2D eigenvalue weighted by atomic mass is 16.4. The highest BCUT2D eigenvalue weighted by Crippen LogP contribution is 2.39. The zero-order valence-corrected chi connectivity index (χ0v) is 19.1. The number of carbonyl (C=O) groups excluding carboxylic acids is 1. The lowest BCUT2D eigenvalue weighted by atomic mass is 9.83. The molecular formula is C29H31NO3. The van der Waals surface area contributed by atoms with Crippen LogP contribution < -0.4 is 5.32 Å². The van der Waals surface area contributed by atoms with Crippen LogP contribution in [0.5, 0.6) is 0 Å². The monoisotopic (exact) mass is 441 g/mol. The molecule has 0 radical (unpaired) electrons. The Bertz CT molecular complexity index is 1120. The largest absolute Gasteiger partial charge is 0.481 e. The third-order valence-electron chi connectivity index (χ3n) is 6.82. The van der Waals surface area contributed by atoms with E-state index in [1.54, 1.807) is 0 Å². The van der Waals surface area contributed by atoms with Crippen LogP contribution in [-0.4, -0.2) is 17.0 Å². The van der Waals surface area contributed by atoms with Crippen molar-refractivity contribution in [3.63, 3.8) is 0 Å². The molecule has 1 amide bonds. The lowest BCUT2D eigenvalue weighted by molar-refractivity contribution is -0.137. The van der Waals surface area contributed by atoms with Crippen LogP contribution in [0.2, 0.25) is 0 Å². The predicted molar refractivity (Wildman–Crippen MR) is 132 cm³/mol. The number of benzene rings is 3. The summed E-state index contributed by atoms with van der Waals surface area (Å²) >= 11 is 0. The average Bonchev–Trinajstić information content (AvgIpc) is 3.35. The van der Waals surface area contributed by atoms with E-state index < -0.39 is 5.97 Å². The number of hydrogen-bond acceptors (Lipinski definition) is 2. The maximum Gasteiger partial charge on any atom is 0.303 e. The standard InChI is InChI=1S/C29H31NO3/c1-20-21(17-18-27(31)32)13-8-16-26(20)30-29(33)28(23-11-5-6-12-23)25-15-7-14-24(19-25)22-9-3-2-4-10-22/h2-4,7-10,13-16,19,23,28H,5-6,11-12,17-18H2,1H3,(H,30,33)(H,31,32). The van der Waals surface area contributed by atoms with E-state index in [4.69, 9.17) is 5.11 Å². The van der Waals surface area contributed by atoms with Gasteiger partial charge in [-0.2, -0.15) is 0 Å². The van der Waals surface area contributed by atoms with Crippen molar-refractivity contribution < 1.29 is 14.7 Å². The van der Waals surface area contributed by atoms with Gasteiger partial charge < -0.3 is 10.4 Å². The van der Waals surface area contributed by atoms with Crippen LogP contribution in [0.3, 0.4) is 0 Å². The number of nitrogens with one attached hydrogen (secondary N) is 1. The summed E-state index contributed by atoms with van der Waals surface area (Å²) < 4.78 is 0. The fourth-order valence-electron chi connectivity index (χ4n) is 5.01. The molecule has 1 aliphatic rings. The smallest absolute Gasteiger partial charge is 0.303 e. The van der Waals surface area contributed by atoms with E-state index in [9.17, 15) is 9.59 Å². The van der Waals surface area contributed by atoms with Gasteiger partial charge in [-0.05, 0) is 66.0 Å². The highest BCUT2D eigenvalue weighted by molar-refractivity contribution is 5.97. The number of aryl methyl sites for hydroxylation is 1. The topological polar surface area (TPSA) is 66.4 Å². The second-order valence-electron chi connectivity index (χ2n) is 8.99. The van der Waals surface area contributed by atoms with Gasteiger partial charge in [0, 0.05) is 12.1 Å². The first kappa shape index (κ1) is 22.8. The molecule has 33 heavy (non-hydrogen) atoms. The molecule has 1 fully saturated rings. The fourth-order valence-corrected chi connectivity index (χ4v) is 5.01. The summed E-state index contributed by atoms with van der Waals surface area (Å²) in [5.41, 5.74) is 5.99. The number of hydrogen-bond donors (Lipinski definition) is 2. The lowest BCUT2D eigenvalue weighted by Gasteiger charge is -2.24. The summed E-state index contributed by atoms with van der Waals surface area (Å²) in [7, 11) is 0. The second-order valence-corrected chi connectivity index (χ2v) is 8.99. The number of rotatable bonds is 8. The average molecular weight is 442 g/mol. The Morgan fingerprint density at radius 1 is 0.939 bits per heavy atom. The zero-order valence-electron chi connectivity index (χ0n) is 19.1. The van der Waals surface area contributed by atoms with Gasteiger partial charge in [0.15, 0.2) is 0 Å². The molecule has 0 aliphatic heterocycles. The Balaban J connectivity index is 1.62. The first-order valence-corrected chi connectivity index (χ1v) is 11.8. The van der Waals surface area contributed by atoms with Crippen molar-refractivity contribution in [1.29, 1.82) is 0 Å². The first-order chi connectivity index (χ1) is 16.0. The van der Waals surface area contributed by atoms with Crippen LogP contribution in [0.25, 0.3) is 11.1 Å². The molecule has 1 unspecified atom stereocenters. The van der Waals surface area contributed by atoms with E-state index in [1.165, 1.54) is 0 Å². The number of carboxylic acid groups (broad SMARTS) is 1. The summed E-state index contributed by atoms with van der Waals surface area (Å²) in [4.78, 5) is 24.7. The molecule has 4 nitrogen and oxygen atoms in total. The predicted octanol–water partition coefficient (Wildman–Crippen LogP) is 6.59.